The highest BCUT2D eigenvalue weighted by molar-refractivity contribution is 7.93. The molecule has 5 nitrogen and oxygen atoms in total. The van der Waals surface area contributed by atoms with Gasteiger partial charge in [-0.05, 0) is 31.0 Å². The minimum absolute atomic E-state index is 0.147. The van der Waals surface area contributed by atoms with Gasteiger partial charge >= 0.3 is 0 Å². The number of anilines is 2. The molecule has 0 bridgehead atoms. The molecule has 2 N–H and O–H groups in total. The van der Waals surface area contributed by atoms with Gasteiger partial charge in [0, 0.05) is 12.2 Å². The van der Waals surface area contributed by atoms with Crippen LogP contribution in [0.2, 0.25) is 0 Å². The SMILES string of the molecule is CCCCCNc1cc(F)c(S(=O)(=O)Nc2ncc(F)s2)cc1C. The Kier molecular flexibility index (Phi) is 6.11. The molecule has 1 heterocycles. The fourth-order valence-corrected chi connectivity index (χ4v) is 4.05. The van der Waals surface area contributed by atoms with E-state index < -0.39 is 25.9 Å². The summed E-state index contributed by atoms with van der Waals surface area (Å²) in [5.41, 5.74) is 1.17. The molecule has 132 valence electrons. The third-order valence-electron chi connectivity index (χ3n) is 3.36. The van der Waals surface area contributed by atoms with E-state index in [9.17, 15) is 17.2 Å². The highest BCUT2D eigenvalue weighted by Gasteiger charge is 2.22. The van der Waals surface area contributed by atoms with E-state index in [0.717, 1.165) is 31.5 Å². The Bertz CT molecular complexity index is 807. The number of hydrogen-bond donors (Lipinski definition) is 2. The fraction of sp³-hybridized carbons (Fsp3) is 0.400. The molecule has 2 rings (SSSR count). The second kappa shape index (κ2) is 7.89. The maximum absolute atomic E-state index is 14.3. The molecule has 0 saturated carbocycles. The summed E-state index contributed by atoms with van der Waals surface area (Å²) < 4.78 is 53.8. The average molecular weight is 375 g/mol. The van der Waals surface area contributed by atoms with Crippen molar-refractivity contribution in [3.8, 4) is 0 Å². The van der Waals surface area contributed by atoms with E-state index in [1.807, 2.05) is 0 Å². The Morgan fingerprint density at radius 2 is 2.00 bits per heavy atom. The lowest BCUT2D eigenvalue weighted by Gasteiger charge is -2.13. The molecule has 0 amide bonds. The summed E-state index contributed by atoms with van der Waals surface area (Å²) in [5.74, 6) is -0.872. The third-order valence-corrected chi connectivity index (χ3v) is 5.55. The monoisotopic (exact) mass is 375 g/mol. The Hall–Kier alpha value is -1.74. The van der Waals surface area contributed by atoms with Gasteiger partial charge in [0.25, 0.3) is 10.0 Å². The van der Waals surface area contributed by atoms with E-state index in [-0.39, 0.29) is 5.13 Å². The first-order valence-corrected chi connectivity index (χ1v) is 9.81. The number of rotatable bonds is 8. The summed E-state index contributed by atoms with van der Waals surface area (Å²) >= 11 is 0.535. The second-order valence-corrected chi connectivity index (χ2v) is 7.94. The molecular weight excluding hydrogens is 356 g/mol. The molecule has 0 aliphatic carbocycles. The maximum Gasteiger partial charge on any atom is 0.266 e. The number of aromatic nitrogens is 1. The Balaban J connectivity index is 2.19. The van der Waals surface area contributed by atoms with Crippen LogP contribution in [0.5, 0.6) is 0 Å². The predicted molar refractivity (Wildman–Crippen MR) is 92.0 cm³/mol. The molecule has 1 aromatic heterocycles. The van der Waals surface area contributed by atoms with Crippen LogP contribution in [-0.4, -0.2) is 19.9 Å². The van der Waals surface area contributed by atoms with Crippen LogP contribution in [0.3, 0.4) is 0 Å². The van der Waals surface area contributed by atoms with Gasteiger partial charge in [0.1, 0.15) is 10.7 Å². The van der Waals surface area contributed by atoms with Crippen LogP contribution < -0.4 is 10.0 Å². The van der Waals surface area contributed by atoms with Crippen molar-refractivity contribution in [2.75, 3.05) is 16.6 Å². The molecule has 0 atom stereocenters. The van der Waals surface area contributed by atoms with Gasteiger partial charge in [-0.15, -0.1) is 0 Å². The van der Waals surface area contributed by atoms with E-state index in [4.69, 9.17) is 0 Å². The average Bonchev–Trinajstić information content (AvgIpc) is 2.90. The number of unbranched alkanes of at least 4 members (excludes halogenated alkanes) is 2. The van der Waals surface area contributed by atoms with E-state index in [2.05, 4.69) is 21.9 Å². The van der Waals surface area contributed by atoms with E-state index in [1.54, 1.807) is 6.92 Å². The van der Waals surface area contributed by atoms with Crippen molar-refractivity contribution in [1.29, 1.82) is 0 Å². The van der Waals surface area contributed by atoms with Gasteiger partial charge in [0.2, 0.25) is 0 Å². The maximum atomic E-state index is 14.3. The molecule has 0 spiro atoms. The van der Waals surface area contributed by atoms with Gasteiger partial charge in [-0.25, -0.2) is 17.8 Å². The van der Waals surface area contributed by atoms with Crippen molar-refractivity contribution in [3.05, 3.63) is 34.8 Å². The number of thiazole rings is 1. The number of hydrogen-bond acceptors (Lipinski definition) is 5. The van der Waals surface area contributed by atoms with Crippen molar-refractivity contribution in [3.63, 3.8) is 0 Å². The van der Waals surface area contributed by atoms with Crippen LogP contribution in [0.15, 0.2) is 23.2 Å². The van der Waals surface area contributed by atoms with Gasteiger partial charge in [0.15, 0.2) is 10.3 Å². The molecule has 0 aliphatic heterocycles. The number of nitrogens with one attached hydrogen (secondary N) is 2. The van der Waals surface area contributed by atoms with Crippen LogP contribution in [0.1, 0.15) is 31.7 Å². The lowest BCUT2D eigenvalue weighted by atomic mass is 10.2. The zero-order chi connectivity index (χ0) is 17.7. The summed E-state index contributed by atoms with van der Waals surface area (Å²) in [6, 6.07) is 2.42. The third kappa shape index (κ3) is 4.64. The first kappa shape index (κ1) is 18.6. The second-order valence-electron chi connectivity index (χ2n) is 5.31. The summed E-state index contributed by atoms with van der Waals surface area (Å²) in [6.45, 7) is 4.48. The summed E-state index contributed by atoms with van der Waals surface area (Å²) in [5, 5.41) is 2.33. The Morgan fingerprint density at radius 1 is 1.25 bits per heavy atom. The van der Waals surface area contributed by atoms with Crippen LogP contribution in [0.4, 0.5) is 19.6 Å². The minimum atomic E-state index is -4.17. The number of halogens is 2. The molecule has 24 heavy (non-hydrogen) atoms. The van der Waals surface area contributed by atoms with Crippen LogP contribution in [0, 0.1) is 17.9 Å². The van der Waals surface area contributed by atoms with Crippen molar-refractivity contribution in [2.45, 2.75) is 38.0 Å². The fourth-order valence-electron chi connectivity index (χ4n) is 2.12. The van der Waals surface area contributed by atoms with Crippen molar-refractivity contribution >= 4 is 32.2 Å². The van der Waals surface area contributed by atoms with E-state index in [1.165, 1.54) is 6.07 Å². The van der Waals surface area contributed by atoms with Gasteiger partial charge in [-0.1, -0.05) is 31.1 Å². The zero-order valence-corrected chi connectivity index (χ0v) is 15.0. The Labute approximate surface area is 144 Å². The number of benzene rings is 1. The summed E-state index contributed by atoms with van der Waals surface area (Å²) in [4.78, 5) is 3.08. The molecule has 0 unspecified atom stereocenters. The van der Waals surface area contributed by atoms with Crippen molar-refractivity contribution < 1.29 is 17.2 Å². The molecule has 0 fully saturated rings. The molecular formula is C15H19F2N3O2S2. The number of sulfonamides is 1. The van der Waals surface area contributed by atoms with Crippen molar-refractivity contribution in [1.82, 2.24) is 4.98 Å². The van der Waals surface area contributed by atoms with Crippen LogP contribution >= 0.6 is 11.3 Å². The predicted octanol–water partition coefficient (Wildman–Crippen LogP) is 4.13. The number of nitrogens with zero attached hydrogens (tertiary/aromatic N) is 1. The van der Waals surface area contributed by atoms with Gasteiger partial charge in [0.05, 0.1) is 6.20 Å². The van der Waals surface area contributed by atoms with E-state index in [0.29, 0.717) is 29.1 Å². The molecule has 9 heteroatoms. The molecule has 0 aliphatic rings. The van der Waals surface area contributed by atoms with Crippen molar-refractivity contribution in [2.24, 2.45) is 0 Å². The van der Waals surface area contributed by atoms with Crippen LogP contribution in [-0.2, 0) is 10.0 Å². The normalized spacial score (nSPS) is 11.5. The van der Waals surface area contributed by atoms with Gasteiger partial charge in [-0.2, -0.15) is 4.39 Å². The topological polar surface area (TPSA) is 71.1 Å². The van der Waals surface area contributed by atoms with Crippen LogP contribution in [0.25, 0.3) is 0 Å². The molecule has 1 aromatic carbocycles. The summed E-state index contributed by atoms with van der Waals surface area (Å²) in [7, 11) is -4.17. The lowest BCUT2D eigenvalue weighted by Crippen LogP contribution is -2.15. The molecule has 0 saturated heterocycles. The minimum Gasteiger partial charge on any atom is -0.385 e. The molecule has 2 aromatic rings. The van der Waals surface area contributed by atoms with Gasteiger partial charge in [-0.3, -0.25) is 4.72 Å². The largest absolute Gasteiger partial charge is 0.385 e. The smallest absolute Gasteiger partial charge is 0.266 e. The lowest BCUT2D eigenvalue weighted by molar-refractivity contribution is 0.570. The van der Waals surface area contributed by atoms with Gasteiger partial charge < -0.3 is 5.32 Å². The summed E-state index contributed by atoms with van der Waals surface area (Å²) in [6.07, 6.45) is 3.99. The Morgan fingerprint density at radius 3 is 2.62 bits per heavy atom. The highest BCUT2D eigenvalue weighted by atomic mass is 32.2. The number of aryl methyl sites for hydroxylation is 1. The first-order chi connectivity index (χ1) is 11.3. The van der Waals surface area contributed by atoms with E-state index >= 15 is 0 Å². The quantitative estimate of drug-likeness (QED) is 0.681. The zero-order valence-electron chi connectivity index (χ0n) is 13.4. The molecule has 0 radical (unpaired) electrons. The highest BCUT2D eigenvalue weighted by Crippen LogP contribution is 2.26. The standard InChI is InChI=1S/C15H19F2N3O2S2/c1-3-4-5-6-18-12-8-11(16)13(7-10(12)2)24(21,22)20-15-19-9-14(17)23-15/h7-9,18H,3-6H2,1-2H3,(H,19,20). The first-order valence-electron chi connectivity index (χ1n) is 7.51.